The van der Waals surface area contributed by atoms with Crippen LogP contribution in [-0.4, -0.2) is 16.1 Å². The minimum absolute atomic E-state index is 0.0892. The minimum atomic E-state index is -0.0892. The zero-order valence-electron chi connectivity index (χ0n) is 8.40. The van der Waals surface area contributed by atoms with Gasteiger partial charge in [-0.05, 0) is 24.3 Å². The van der Waals surface area contributed by atoms with Gasteiger partial charge in [0, 0.05) is 28.3 Å². The molecule has 1 heterocycles. The van der Waals surface area contributed by atoms with Crippen LogP contribution < -0.4 is 5.32 Å². The molecule has 1 aromatic carbocycles. The van der Waals surface area contributed by atoms with E-state index in [2.05, 4.69) is 31.4 Å². The van der Waals surface area contributed by atoms with Crippen molar-refractivity contribution in [2.45, 2.75) is 6.54 Å². The zero-order chi connectivity index (χ0) is 11.4. The molecule has 0 aliphatic heterocycles. The highest BCUT2D eigenvalue weighted by Crippen LogP contribution is 2.10. The summed E-state index contributed by atoms with van der Waals surface area (Å²) in [5, 5.41) is 9.30. The summed E-state index contributed by atoms with van der Waals surface area (Å²) in [6.45, 7) is 0.478. The monoisotopic (exact) mass is 279 g/mol. The number of rotatable bonds is 3. The van der Waals surface area contributed by atoms with Gasteiger partial charge in [0.05, 0.1) is 6.20 Å². The molecule has 0 saturated heterocycles. The van der Waals surface area contributed by atoms with Gasteiger partial charge >= 0.3 is 0 Å². The van der Waals surface area contributed by atoms with Crippen LogP contribution in [0, 0.1) is 0 Å². The predicted octanol–water partition coefficient (Wildman–Crippen LogP) is 2.10. The SMILES string of the molecule is O=C(NCc1cn[nH]c1)c1ccc(Br)cc1. The number of H-pyrrole nitrogens is 1. The van der Waals surface area contributed by atoms with Crippen LogP contribution in [0.1, 0.15) is 15.9 Å². The fraction of sp³-hybridized carbons (Fsp3) is 0.0909. The number of aromatic amines is 1. The van der Waals surface area contributed by atoms with Gasteiger partial charge in [-0.1, -0.05) is 15.9 Å². The van der Waals surface area contributed by atoms with Crippen molar-refractivity contribution in [3.05, 3.63) is 52.3 Å². The molecule has 1 aromatic heterocycles. The van der Waals surface area contributed by atoms with Crippen LogP contribution in [0.15, 0.2) is 41.1 Å². The van der Waals surface area contributed by atoms with Crippen LogP contribution >= 0.6 is 15.9 Å². The molecule has 0 fully saturated rings. The summed E-state index contributed by atoms with van der Waals surface area (Å²) in [7, 11) is 0. The van der Waals surface area contributed by atoms with E-state index in [1.807, 2.05) is 12.1 Å². The Morgan fingerprint density at radius 3 is 2.75 bits per heavy atom. The largest absolute Gasteiger partial charge is 0.348 e. The average molecular weight is 280 g/mol. The van der Waals surface area contributed by atoms with E-state index in [4.69, 9.17) is 0 Å². The van der Waals surface area contributed by atoms with E-state index in [1.165, 1.54) is 0 Å². The van der Waals surface area contributed by atoms with Crippen LogP contribution in [0.3, 0.4) is 0 Å². The van der Waals surface area contributed by atoms with E-state index in [0.717, 1.165) is 10.0 Å². The molecule has 4 nitrogen and oxygen atoms in total. The molecule has 0 aliphatic rings. The van der Waals surface area contributed by atoms with Gasteiger partial charge < -0.3 is 5.32 Å². The Bertz CT molecular complexity index is 464. The summed E-state index contributed by atoms with van der Waals surface area (Å²) < 4.78 is 0.957. The molecule has 0 bridgehead atoms. The van der Waals surface area contributed by atoms with Crippen molar-refractivity contribution in [2.75, 3.05) is 0 Å². The third kappa shape index (κ3) is 2.70. The smallest absolute Gasteiger partial charge is 0.251 e. The fourth-order valence-electron chi connectivity index (χ4n) is 1.26. The van der Waals surface area contributed by atoms with Gasteiger partial charge in [0.15, 0.2) is 0 Å². The third-order valence-electron chi connectivity index (χ3n) is 2.11. The number of benzene rings is 1. The average Bonchev–Trinajstić information content (AvgIpc) is 2.80. The summed E-state index contributed by atoms with van der Waals surface area (Å²) in [6.07, 6.45) is 3.43. The van der Waals surface area contributed by atoms with Gasteiger partial charge in [-0.2, -0.15) is 5.10 Å². The molecule has 0 atom stereocenters. The maximum atomic E-state index is 11.7. The number of carbonyl (C=O) groups is 1. The third-order valence-corrected chi connectivity index (χ3v) is 2.64. The molecule has 2 aromatic rings. The molecule has 5 heteroatoms. The standard InChI is InChI=1S/C11H10BrN3O/c12-10-3-1-9(2-4-10)11(16)13-5-8-6-14-15-7-8/h1-4,6-7H,5H2,(H,13,16)(H,14,15). The van der Waals surface area contributed by atoms with Crippen molar-refractivity contribution < 1.29 is 4.79 Å². The first-order valence-corrected chi connectivity index (χ1v) is 5.56. The Hall–Kier alpha value is -1.62. The number of amides is 1. The summed E-state index contributed by atoms with van der Waals surface area (Å²) in [5.41, 5.74) is 1.59. The van der Waals surface area contributed by atoms with Gasteiger partial charge in [0.25, 0.3) is 5.91 Å². The lowest BCUT2D eigenvalue weighted by molar-refractivity contribution is 0.0951. The van der Waals surface area contributed by atoms with Crippen LogP contribution in [-0.2, 0) is 6.54 Å². The van der Waals surface area contributed by atoms with Crippen molar-refractivity contribution >= 4 is 21.8 Å². The quantitative estimate of drug-likeness (QED) is 0.904. The van der Waals surface area contributed by atoms with Crippen molar-refractivity contribution in [2.24, 2.45) is 0 Å². The summed E-state index contributed by atoms with van der Waals surface area (Å²) in [6, 6.07) is 7.23. The van der Waals surface area contributed by atoms with Gasteiger partial charge in [0.2, 0.25) is 0 Å². The second kappa shape index (κ2) is 4.94. The first-order chi connectivity index (χ1) is 7.75. The maximum absolute atomic E-state index is 11.7. The summed E-state index contributed by atoms with van der Waals surface area (Å²) >= 11 is 3.32. The molecular formula is C11H10BrN3O. The Labute approximate surface area is 101 Å². The number of halogens is 1. The highest BCUT2D eigenvalue weighted by Gasteiger charge is 2.04. The molecule has 0 radical (unpaired) electrons. The first-order valence-electron chi connectivity index (χ1n) is 4.77. The molecule has 0 aliphatic carbocycles. The highest BCUT2D eigenvalue weighted by molar-refractivity contribution is 9.10. The first kappa shape index (κ1) is 10.9. The number of nitrogens with one attached hydrogen (secondary N) is 2. The lowest BCUT2D eigenvalue weighted by Gasteiger charge is -2.03. The van der Waals surface area contributed by atoms with Gasteiger partial charge in [0.1, 0.15) is 0 Å². The maximum Gasteiger partial charge on any atom is 0.251 e. The molecule has 1 amide bonds. The predicted molar refractivity (Wildman–Crippen MR) is 63.9 cm³/mol. The summed E-state index contributed by atoms with van der Waals surface area (Å²) in [4.78, 5) is 11.7. The Balaban J connectivity index is 1.95. The van der Waals surface area contributed by atoms with Gasteiger partial charge in [-0.15, -0.1) is 0 Å². The number of nitrogens with zero attached hydrogens (tertiary/aromatic N) is 1. The molecule has 82 valence electrons. The second-order valence-electron chi connectivity index (χ2n) is 3.30. The van der Waals surface area contributed by atoms with Crippen LogP contribution in [0.25, 0.3) is 0 Å². The Kier molecular flexibility index (Phi) is 3.36. The number of carbonyl (C=O) groups excluding carboxylic acids is 1. The van der Waals surface area contributed by atoms with E-state index in [-0.39, 0.29) is 5.91 Å². The molecule has 16 heavy (non-hydrogen) atoms. The number of aromatic nitrogens is 2. The Morgan fingerprint density at radius 1 is 1.38 bits per heavy atom. The van der Waals surface area contributed by atoms with E-state index in [9.17, 15) is 4.79 Å². The molecule has 2 N–H and O–H groups in total. The van der Waals surface area contributed by atoms with Crippen molar-refractivity contribution in [3.8, 4) is 0 Å². The molecule has 0 unspecified atom stereocenters. The topological polar surface area (TPSA) is 57.8 Å². The van der Waals surface area contributed by atoms with Crippen LogP contribution in [0.2, 0.25) is 0 Å². The van der Waals surface area contributed by atoms with Crippen molar-refractivity contribution in [1.29, 1.82) is 0 Å². The van der Waals surface area contributed by atoms with Crippen molar-refractivity contribution in [3.63, 3.8) is 0 Å². The molecule has 2 rings (SSSR count). The number of hydrogen-bond acceptors (Lipinski definition) is 2. The normalized spacial score (nSPS) is 10.1. The van der Waals surface area contributed by atoms with Gasteiger partial charge in [-0.3, -0.25) is 9.89 Å². The molecule has 0 saturated carbocycles. The molecule has 0 spiro atoms. The minimum Gasteiger partial charge on any atom is -0.348 e. The zero-order valence-corrected chi connectivity index (χ0v) is 9.99. The highest BCUT2D eigenvalue weighted by atomic mass is 79.9. The lowest BCUT2D eigenvalue weighted by Crippen LogP contribution is -2.22. The number of hydrogen-bond donors (Lipinski definition) is 2. The Morgan fingerprint density at radius 2 is 2.12 bits per heavy atom. The van der Waals surface area contributed by atoms with E-state index in [0.29, 0.717) is 12.1 Å². The van der Waals surface area contributed by atoms with E-state index in [1.54, 1.807) is 24.5 Å². The van der Waals surface area contributed by atoms with Gasteiger partial charge in [-0.25, -0.2) is 0 Å². The van der Waals surface area contributed by atoms with Crippen LogP contribution in [0.4, 0.5) is 0 Å². The van der Waals surface area contributed by atoms with E-state index < -0.39 is 0 Å². The fourth-order valence-corrected chi connectivity index (χ4v) is 1.52. The van der Waals surface area contributed by atoms with Crippen molar-refractivity contribution in [1.82, 2.24) is 15.5 Å². The lowest BCUT2D eigenvalue weighted by atomic mass is 10.2. The second-order valence-corrected chi connectivity index (χ2v) is 4.21. The summed E-state index contributed by atoms with van der Waals surface area (Å²) in [5.74, 6) is -0.0892. The van der Waals surface area contributed by atoms with E-state index >= 15 is 0 Å². The van der Waals surface area contributed by atoms with Crippen LogP contribution in [0.5, 0.6) is 0 Å². The molecular weight excluding hydrogens is 270 g/mol.